The largest absolute Gasteiger partial charge is 0.392 e. The van der Waals surface area contributed by atoms with Crippen molar-refractivity contribution in [3.8, 4) is 11.1 Å². The fourth-order valence-corrected chi connectivity index (χ4v) is 3.42. The third-order valence-electron chi connectivity index (χ3n) is 5.00. The van der Waals surface area contributed by atoms with Gasteiger partial charge < -0.3 is 15.2 Å². The first-order valence-corrected chi connectivity index (χ1v) is 9.12. The summed E-state index contributed by atoms with van der Waals surface area (Å²) in [5.41, 5.74) is 2.93. The predicted molar refractivity (Wildman–Crippen MR) is 101 cm³/mol. The monoisotopic (exact) mass is 354 g/mol. The van der Waals surface area contributed by atoms with Crippen LogP contribution in [0.2, 0.25) is 0 Å². The second-order valence-corrected chi connectivity index (χ2v) is 7.06. The smallest absolute Gasteiger partial charge is 0.226 e. The van der Waals surface area contributed by atoms with Crippen LogP contribution >= 0.6 is 0 Å². The third kappa shape index (κ3) is 4.48. The molecule has 0 saturated carbocycles. The van der Waals surface area contributed by atoms with Crippen molar-refractivity contribution < 1.29 is 14.6 Å². The number of pyridine rings is 1. The zero-order chi connectivity index (χ0) is 18.4. The number of aliphatic hydroxyl groups excluding tert-OH is 1. The topological polar surface area (TPSA) is 71.5 Å². The van der Waals surface area contributed by atoms with Crippen LogP contribution in [0, 0.1) is 5.41 Å². The summed E-state index contributed by atoms with van der Waals surface area (Å²) >= 11 is 0. The molecule has 0 bridgehead atoms. The van der Waals surface area contributed by atoms with Gasteiger partial charge in [-0.25, -0.2) is 0 Å². The van der Waals surface area contributed by atoms with Crippen LogP contribution in [-0.4, -0.2) is 41.9 Å². The van der Waals surface area contributed by atoms with E-state index in [-0.39, 0.29) is 12.5 Å². The first-order valence-electron chi connectivity index (χ1n) is 9.12. The molecular weight excluding hydrogens is 328 g/mol. The van der Waals surface area contributed by atoms with Crippen LogP contribution in [0.25, 0.3) is 11.1 Å². The maximum atomic E-state index is 12.8. The average Bonchev–Trinajstić information content (AvgIpc) is 2.68. The molecule has 1 atom stereocenters. The van der Waals surface area contributed by atoms with E-state index in [0.717, 1.165) is 16.7 Å². The minimum atomic E-state index is -0.546. The van der Waals surface area contributed by atoms with Crippen LogP contribution in [0.5, 0.6) is 0 Å². The Morgan fingerprint density at radius 3 is 2.38 bits per heavy atom. The predicted octanol–water partition coefficient (Wildman–Crippen LogP) is 2.58. The highest BCUT2D eigenvalue weighted by atomic mass is 16.5. The molecule has 0 unspecified atom stereocenters. The van der Waals surface area contributed by atoms with Gasteiger partial charge in [0.2, 0.25) is 5.91 Å². The second kappa shape index (κ2) is 8.43. The summed E-state index contributed by atoms with van der Waals surface area (Å²) in [6, 6.07) is 12.3. The van der Waals surface area contributed by atoms with Crippen LogP contribution < -0.4 is 5.32 Å². The minimum absolute atomic E-state index is 0.0138. The van der Waals surface area contributed by atoms with Crippen molar-refractivity contribution in [1.82, 2.24) is 10.3 Å². The zero-order valence-corrected chi connectivity index (χ0v) is 15.1. The van der Waals surface area contributed by atoms with Gasteiger partial charge in [-0.05, 0) is 55.0 Å². The summed E-state index contributed by atoms with van der Waals surface area (Å²) in [5.74, 6) is 0.0138. The molecule has 3 rings (SSSR count). The summed E-state index contributed by atoms with van der Waals surface area (Å²) in [5, 5.41) is 12.4. The molecule has 1 saturated heterocycles. The van der Waals surface area contributed by atoms with E-state index in [1.54, 1.807) is 19.3 Å². The van der Waals surface area contributed by atoms with Crippen molar-refractivity contribution in [3.05, 3.63) is 54.4 Å². The molecule has 1 aliphatic heterocycles. The van der Waals surface area contributed by atoms with E-state index in [0.29, 0.717) is 32.5 Å². The number of nitrogens with zero attached hydrogens (tertiary/aromatic N) is 1. The number of nitrogens with one attached hydrogen (secondary N) is 1. The standard InChI is InChI=1S/C21H26N2O3/c1-16(24)15-23-20(25)21(8-12-26-13-9-21)14-17-2-4-18(5-3-17)19-6-10-22-11-7-19/h2-7,10-11,16,24H,8-9,12-15H2,1H3,(H,23,25)/t16-/m0/s1. The first-order chi connectivity index (χ1) is 12.6. The van der Waals surface area contributed by atoms with Crippen molar-refractivity contribution in [2.24, 2.45) is 5.41 Å². The Hall–Kier alpha value is -2.24. The van der Waals surface area contributed by atoms with Crippen molar-refractivity contribution in [1.29, 1.82) is 0 Å². The number of ether oxygens (including phenoxy) is 1. The van der Waals surface area contributed by atoms with Crippen LogP contribution in [0.3, 0.4) is 0 Å². The molecule has 0 aliphatic carbocycles. The summed E-state index contributed by atoms with van der Waals surface area (Å²) in [6.07, 6.45) is 5.10. The number of amides is 1. The molecule has 0 spiro atoms. The van der Waals surface area contributed by atoms with E-state index < -0.39 is 11.5 Å². The Morgan fingerprint density at radius 2 is 1.77 bits per heavy atom. The summed E-state index contributed by atoms with van der Waals surface area (Å²) in [7, 11) is 0. The van der Waals surface area contributed by atoms with Gasteiger partial charge in [0.05, 0.1) is 11.5 Å². The maximum Gasteiger partial charge on any atom is 0.226 e. The molecule has 0 radical (unpaired) electrons. The first kappa shape index (κ1) is 18.5. The summed E-state index contributed by atoms with van der Waals surface area (Å²) in [6.45, 7) is 3.14. The second-order valence-electron chi connectivity index (χ2n) is 7.06. The van der Waals surface area contributed by atoms with Crippen molar-refractivity contribution in [2.75, 3.05) is 19.8 Å². The molecule has 1 aliphatic rings. The lowest BCUT2D eigenvalue weighted by Crippen LogP contribution is -2.47. The van der Waals surface area contributed by atoms with Crippen molar-refractivity contribution >= 4 is 5.91 Å². The Bertz CT molecular complexity index is 708. The minimum Gasteiger partial charge on any atom is -0.392 e. The molecule has 2 heterocycles. The number of carbonyl (C=O) groups excluding carboxylic acids is 1. The van der Waals surface area contributed by atoms with E-state index in [1.165, 1.54) is 0 Å². The van der Waals surface area contributed by atoms with E-state index in [2.05, 4.69) is 34.6 Å². The SMILES string of the molecule is C[C@H](O)CNC(=O)C1(Cc2ccc(-c3ccncc3)cc2)CCOCC1. The maximum absolute atomic E-state index is 12.8. The van der Waals surface area contributed by atoms with Gasteiger partial charge in [-0.2, -0.15) is 0 Å². The number of carbonyl (C=O) groups is 1. The number of aliphatic hydroxyl groups is 1. The molecule has 1 aromatic carbocycles. The van der Waals surface area contributed by atoms with E-state index >= 15 is 0 Å². The van der Waals surface area contributed by atoms with E-state index in [4.69, 9.17) is 4.74 Å². The fraction of sp³-hybridized carbons (Fsp3) is 0.429. The highest BCUT2D eigenvalue weighted by molar-refractivity contribution is 5.83. The highest BCUT2D eigenvalue weighted by Gasteiger charge is 2.40. The molecule has 2 aromatic rings. The molecule has 5 heteroatoms. The zero-order valence-electron chi connectivity index (χ0n) is 15.1. The number of benzene rings is 1. The van der Waals surface area contributed by atoms with E-state index in [1.807, 2.05) is 12.1 Å². The lowest BCUT2D eigenvalue weighted by molar-refractivity contribution is -0.137. The van der Waals surface area contributed by atoms with Crippen molar-refractivity contribution in [2.45, 2.75) is 32.3 Å². The normalized spacial score (nSPS) is 17.5. The Kier molecular flexibility index (Phi) is 6.01. The van der Waals surface area contributed by atoms with Crippen molar-refractivity contribution in [3.63, 3.8) is 0 Å². The average molecular weight is 354 g/mol. The fourth-order valence-electron chi connectivity index (χ4n) is 3.42. The number of hydrogen-bond donors (Lipinski definition) is 2. The van der Waals surface area contributed by atoms with Crippen LogP contribution in [0.4, 0.5) is 0 Å². The molecule has 138 valence electrons. The third-order valence-corrected chi connectivity index (χ3v) is 5.00. The van der Waals surface area contributed by atoms with Crippen LogP contribution in [0.15, 0.2) is 48.8 Å². The Labute approximate surface area is 154 Å². The van der Waals surface area contributed by atoms with Crippen LogP contribution in [-0.2, 0) is 16.0 Å². The molecule has 26 heavy (non-hydrogen) atoms. The van der Waals surface area contributed by atoms with Gasteiger partial charge in [-0.15, -0.1) is 0 Å². The number of rotatable bonds is 6. The van der Waals surface area contributed by atoms with Gasteiger partial charge in [0, 0.05) is 32.2 Å². The summed E-state index contributed by atoms with van der Waals surface area (Å²) < 4.78 is 5.48. The van der Waals surface area contributed by atoms with E-state index in [9.17, 15) is 9.90 Å². The van der Waals surface area contributed by atoms with Gasteiger partial charge >= 0.3 is 0 Å². The highest BCUT2D eigenvalue weighted by Crippen LogP contribution is 2.35. The molecule has 1 aromatic heterocycles. The Morgan fingerprint density at radius 1 is 1.15 bits per heavy atom. The quantitative estimate of drug-likeness (QED) is 0.836. The van der Waals surface area contributed by atoms with Gasteiger partial charge in [-0.3, -0.25) is 9.78 Å². The molecule has 1 fully saturated rings. The molecular formula is C21H26N2O3. The van der Waals surface area contributed by atoms with Gasteiger partial charge in [0.15, 0.2) is 0 Å². The molecule has 1 amide bonds. The number of hydrogen-bond acceptors (Lipinski definition) is 4. The van der Waals surface area contributed by atoms with Gasteiger partial charge in [-0.1, -0.05) is 24.3 Å². The lowest BCUT2D eigenvalue weighted by Gasteiger charge is -2.36. The van der Waals surface area contributed by atoms with Gasteiger partial charge in [0.25, 0.3) is 0 Å². The molecule has 5 nitrogen and oxygen atoms in total. The Balaban J connectivity index is 1.75. The number of aromatic nitrogens is 1. The van der Waals surface area contributed by atoms with Crippen LogP contribution in [0.1, 0.15) is 25.3 Å². The summed E-state index contributed by atoms with van der Waals surface area (Å²) in [4.78, 5) is 16.9. The van der Waals surface area contributed by atoms with Gasteiger partial charge in [0.1, 0.15) is 0 Å². The lowest BCUT2D eigenvalue weighted by atomic mass is 9.74. The molecule has 2 N–H and O–H groups in total.